The van der Waals surface area contributed by atoms with Crippen LogP contribution in [0.25, 0.3) is 0 Å². The number of nitrogens with two attached hydrogens (primary N) is 1. The standard InChI is InChI=1S/C18H26ClN4O5P.C3H6O2.C2H4O2/c1-2-24-18(21)17(20)23-22-16-7-6-14(27-16)11-26-29-25-9-8-15(28-29)12-4-3-5-13(19)10-12;1-3(4)5-2;1-2(3)4/h3-5,10,14-16,21-22H,2,6-9,11H2,1H3,(H2,20,23);1-2H3;1H3,(H,3,4). The Labute approximate surface area is 228 Å². The Hall–Kier alpha value is -2.54. The van der Waals surface area contributed by atoms with Crippen molar-refractivity contribution < 1.29 is 42.5 Å². The van der Waals surface area contributed by atoms with E-state index in [-0.39, 0.29) is 36.1 Å². The van der Waals surface area contributed by atoms with Crippen LogP contribution in [-0.4, -0.2) is 68.0 Å². The van der Waals surface area contributed by atoms with E-state index < -0.39 is 14.6 Å². The van der Waals surface area contributed by atoms with Crippen LogP contribution < -0.4 is 11.2 Å². The molecule has 214 valence electrons. The quantitative estimate of drug-likeness (QED) is 0.121. The number of benzene rings is 1. The number of aliphatic carboxylic acids is 1. The molecule has 13 nitrogen and oxygen atoms in total. The van der Waals surface area contributed by atoms with E-state index in [1.165, 1.54) is 14.0 Å². The van der Waals surface area contributed by atoms with Gasteiger partial charge in [-0.05, 0) is 37.5 Å². The van der Waals surface area contributed by atoms with Crippen molar-refractivity contribution in [2.75, 3.05) is 26.9 Å². The minimum Gasteiger partial charge on any atom is -0.481 e. The van der Waals surface area contributed by atoms with Gasteiger partial charge < -0.3 is 38.6 Å². The molecular weight excluding hydrogens is 543 g/mol. The van der Waals surface area contributed by atoms with Gasteiger partial charge in [-0.3, -0.25) is 20.4 Å². The first-order chi connectivity index (χ1) is 18.0. The molecule has 0 bridgehead atoms. The molecule has 0 saturated carbocycles. The highest BCUT2D eigenvalue weighted by atomic mass is 35.5. The molecule has 2 fully saturated rings. The van der Waals surface area contributed by atoms with Crippen molar-refractivity contribution in [2.45, 2.75) is 58.5 Å². The largest absolute Gasteiger partial charge is 0.481 e. The molecule has 4 atom stereocenters. The monoisotopic (exact) mass is 578 g/mol. The van der Waals surface area contributed by atoms with Gasteiger partial charge in [0.05, 0.1) is 39.1 Å². The van der Waals surface area contributed by atoms with E-state index in [1.807, 2.05) is 24.3 Å². The molecule has 1 aromatic rings. The lowest BCUT2D eigenvalue weighted by Crippen LogP contribution is -2.32. The molecule has 38 heavy (non-hydrogen) atoms. The van der Waals surface area contributed by atoms with Gasteiger partial charge in [0.2, 0.25) is 5.84 Å². The van der Waals surface area contributed by atoms with Crippen molar-refractivity contribution in [3.8, 4) is 0 Å². The lowest BCUT2D eigenvalue weighted by molar-refractivity contribution is -0.138. The van der Waals surface area contributed by atoms with Crippen LogP contribution in [0, 0.1) is 5.41 Å². The summed E-state index contributed by atoms with van der Waals surface area (Å²) in [6.07, 6.45) is 1.82. The van der Waals surface area contributed by atoms with Crippen LogP contribution in [0.4, 0.5) is 0 Å². The van der Waals surface area contributed by atoms with Gasteiger partial charge in [0.15, 0.2) is 0 Å². The maximum absolute atomic E-state index is 9.59. The Morgan fingerprint density at radius 2 is 2.00 bits per heavy atom. The first-order valence-electron chi connectivity index (χ1n) is 11.7. The van der Waals surface area contributed by atoms with E-state index in [0.29, 0.717) is 24.8 Å². The summed E-state index contributed by atoms with van der Waals surface area (Å²) in [4.78, 5) is 18.6. The molecule has 15 heteroatoms. The summed E-state index contributed by atoms with van der Waals surface area (Å²) in [5.74, 6) is -1.26. The van der Waals surface area contributed by atoms with E-state index >= 15 is 0 Å². The maximum Gasteiger partial charge on any atom is 0.333 e. The molecular formula is C23H36ClN4O9P. The fourth-order valence-electron chi connectivity index (χ4n) is 2.90. The van der Waals surface area contributed by atoms with Crippen LogP contribution in [0.1, 0.15) is 51.7 Å². The van der Waals surface area contributed by atoms with E-state index in [0.717, 1.165) is 31.7 Å². The van der Waals surface area contributed by atoms with Gasteiger partial charge in [-0.25, -0.2) is 0 Å². The average Bonchev–Trinajstić information content (AvgIpc) is 3.34. The molecule has 0 amide bonds. The molecule has 0 spiro atoms. The number of carboxylic acids is 1. The molecule has 1 aromatic carbocycles. The highest BCUT2D eigenvalue weighted by Crippen LogP contribution is 2.50. The molecule has 2 aliphatic heterocycles. The van der Waals surface area contributed by atoms with Crippen LogP contribution in [0.15, 0.2) is 29.4 Å². The first kappa shape index (κ1) is 33.5. The number of hydrogen-bond donors (Lipinski definition) is 4. The number of halogens is 1. The number of carboxylic acid groups (broad SMARTS) is 1. The molecule has 5 N–H and O–H groups in total. The highest BCUT2D eigenvalue weighted by molar-refractivity contribution is 7.41. The summed E-state index contributed by atoms with van der Waals surface area (Å²) in [6, 6.07) is 7.63. The number of hydrazone groups is 1. The molecule has 0 radical (unpaired) electrons. The van der Waals surface area contributed by atoms with Crippen LogP contribution >= 0.6 is 20.2 Å². The Bertz CT molecular complexity index is 921. The van der Waals surface area contributed by atoms with Gasteiger partial charge in [0.25, 0.3) is 11.9 Å². The fourth-order valence-corrected chi connectivity index (χ4v) is 4.27. The Morgan fingerprint density at radius 3 is 2.61 bits per heavy atom. The molecule has 0 aromatic heterocycles. The fraction of sp³-hybridized carbons (Fsp3) is 0.565. The second-order valence-corrected chi connectivity index (χ2v) is 9.33. The van der Waals surface area contributed by atoms with Gasteiger partial charge in [-0.15, -0.1) is 0 Å². The second-order valence-electron chi connectivity index (χ2n) is 7.72. The number of amidine groups is 1. The summed E-state index contributed by atoms with van der Waals surface area (Å²) >= 11 is 6.07. The van der Waals surface area contributed by atoms with Gasteiger partial charge in [-0.2, -0.15) is 5.10 Å². The lowest BCUT2D eigenvalue weighted by atomic mass is 10.1. The van der Waals surface area contributed by atoms with Crippen molar-refractivity contribution in [3.63, 3.8) is 0 Å². The van der Waals surface area contributed by atoms with Gasteiger partial charge in [-0.1, -0.05) is 23.7 Å². The molecule has 2 saturated heterocycles. The third kappa shape index (κ3) is 14.4. The van der Waals surface area contributed by atoms with Crippen molar-refractivity contribution >= 4 is 43.9 Å². The molecule has 4 unspecified atom stereocenters. The Balaban J connectivity index is 0.000000694. The van der Waals surface area contributed by atoms with E-state index in [4.69, 9.17) is 55.7 Å². The topological polar surface area (TPSA) is 184 Å². The van der Waals surface area contributed by atoms with Crippen molar-refractivity contribution in [1.82, 2.24) is 5.43 Å². The summed E-state index contributed by atoms with van der Waals surface area (Å²) in [5, 5.41) is 19.6. The van der Waals surface area contributed by atoms with E-state index in [1.54, 1.807) is 6.92 Å². The number of ether oxygens (including phenoxy) is 3. The third-order valence-electron chi connectivity index (χ3n) is 4.62. The SMILES string of the molecule is CC(=O)O.CCOC(=N)/C(N)=N/NC1CCC(COP2OCCC(c3cccc(Cl)c3)O2)O1.COC(C)=O. The van der Waals surface area contributed by atoms with Gasteiger partial charge in [0, 0.05) is 25.3 Å². The average molecular weight is 579 g/mol. The molecule has 2 heterocycles. The van der Waals surface area contributed by atoms with E-state index in [2.05, 4.69) is 15.3 Å². The zero-order valence-electron chi connectivity index (χ0n) is 21.8. The predicted octanol–water partition coefficient (Wildman–Crippen LogP) is 3.71. The Morgan fingerprint density at radius 1 is 1.32 bits per heavy atom. The Kier molecular flexibility index (Phi) is 16.5. The van der Waals surface area contributed by atoms with E-state index in [9.17, 15) is 4.79 Å². The van der Waals surface area contributed by atoms with Gasteiger partial charge in [0.1, 0.15) is 6.23 Å². The summed E-state index contributed by atoms with van der Waals surface area (Å²) in [5.41, 5.74) is 9.50. The number of nitrogens with one attached hydrogen (secondary N) is 2. The number of carbonyl (C=O) groups excluding carboxylic acids is 1. The zero-order chi connectivity index (χ0) is 28.5. The molecule has 2 aliphatic rings. The third-order valence-corrected chi connectivity index (χ3v) is 6.04. The predicted molar refractivity (Wildman–Crippen MR) is 142 cm³/mol. The van der Waals surface area contributed by atoms with Crippen LogP contribution in [0.3, 0.4) is 0 Å². The summed E-state index contributed by atoms with van der Waals surface area (Å²) in [7, 11) is -0.0920. The number of methoxy groups -OCH3 is 1. The zero-order valence-corrected chi connectivity index (χ0v) is 23.5. The molecule has 3 rings (SSSR count). The smallest absolute Gasteiger partial charge is 0.333 e. The van der Waals surface area contributed by atoms with Gasteiger partial charge >= 0.3 is 14.6 Å². The number of esters is 1. The summed E-state index contributed by atoms with van der Waals surface area (Å²) < 4.78 is 32.3. The summed E-state index contributed by atoms with van der Waals surface area (Å²) in [6.45, 7) is 5.51. The van der Waals surface area contributed by atoms with Crippen molar-refractivity contribution in [1.29, 1.82) is 5.41 Å². The van der Waals surface area contributed by atoms with Crippen molar-refractivity contribution in [3.05, 3.63) is 34.9 Å². The normalized spacial score (nSPS) is 22.6. The number of carbonyl (C=O) groups is 2. The van der Waals surface area contributed by atoms with Crippen LogP contribution in [-0.2, 0) is 37.4 Å². The maximum atomic E-state index is 9.59. The lowest BCUT2D eigenvalue weighted by Gasteiger charge is -2.29. The number of hydrogen-bond acceptors (Lipinski definition) is 11. The number of nitrogens with zero attached hydrogens (tertiary/aromatic N) is 1. The van der Waals surface area contributed by atoms with Crippen LogP contribution in [0.2, 0.25) is 5.02 Å². The minimum absolute atomic E-state index is 0.0188. The first-order valence-corrected chi connectivity index (χ1v) is 13.2. The molecule has 0 aliphatic carbocycles. The second kappa shape index (κ2) is 18.7. The number of rotatable bonds is 7. The highest BCUT2D eigenvalue weighted by Gasteiger charge is 2.30. The minimum atomic E-state index is -1.44. The van der Waals surface area contributed by atoms with Crippen molar-refractivity contribution in [2.24, 2.45) is 10.8 Å². The van der Waals surface area contributed by atoms with Crippen LogP contribution in [0.5, 0.6) is 0 Å².